The Morgan fingerprint density at radius 3 is 2.61 bits per heavy atom. The van der Waals surface area contributed by atoms with Crippen molar-refractivity contribution in [3.63, 3.8) is 0 Å². The van der Waals surface area contributed by atoms with Crippen LogP contribution in [0.4, 0.5) is 18.9 Å². The van der Waals surface area contributed by atoms with Gasteiger partial charge >= 0.3 is 5.51 Å². The number of aliphatic imine (C=N–C) groups is 1. The highest BCUT2D eigenvalue weighted by Crippen LogP contribution is 2.37. The van der Waals surface area contributed by atoms with Crippen molar-refractivity contribution in [3.8, 4) is 11.5 Å². The van der Waals surface area contributed by atoms with Crippen molar-refractivity contribution in [2.75, 3.05) is 13.6 Å². The predicted octanol–water partition coefficient (Wildman–Crippen LogP) is 5.98. The minimum Gasteiger partial charge on any atom is -0.457 e. The maximum absolute atomic E-state index is 12.9. The zero-order valence-corrected chi connectivity index (χ0v) is 17.0. The van der Waals surface area contributed by atoms with E-state index in [-0.39, 0.29) is 5.75 Å². The van der Waals surface area contributed by atoms with Crippen LogP contribution in [0.1, 0.15) is 12.5 Å². The second-order valence-corrected chi connectivity index (χ2v) is 8.42. The van der Waals surface area contributed by atoms with E-state index < -0.39 is 20.1 Å². The zero-order chi connectivity index (χ0) is 21.1. The van der Waals surface area contributed by atoms with Crippen LogP contribution in [-0.4, -0.2) is 34.5 Å². The molecule has 0 radical (unpaired) electrons. The summed E-state index contributed by atoms with van der Waals surface area (Å²) in [6.07, 6.45) is 1.63. The summed E-state index contributed by atoms with van der Waals surface area (Å²) in [6, 6.07) is 7.77. The highest BCUT2D eigenvalue weighted by Gasteiger charge is 2.43. The molecule has 2 aromatic rings. The molecule has 152 valence electrons. The summed E-state index contributed by atoms with van der Waals surface area (Å²) in [7, 11) is -3.10. The van der Waals surface area contributed by atoms with Gasteiger partial charge in [0.25, 0.3) is 0 Å². The van der Waals surface area contributed by atoms with Crippen molar-refractivity contribution in [1.29, 1.82) is 4.78 Å². The van der Waals surface area contributed by atoms with E-state index in [1.807, 2.05) is 18.9 Å². The number of ether oxygens (including phenoxy) is 1. The highest BCUT2D eigenvalue weighted by molar-refractivity contribution is 7.93. The quantitative estimate of drug-likeness (QED) is 0.450. The highest BCUT2D eigenvalue weighted by atomic mass is 35.5. The lowest BCUT2D eigenvalue weighted by molar-refractivity contribution is -0.0406. The van der Waals surface area contributed by atoms with Gasteiger partial charge in [-0.1, -0.05) is 17.7 Å². The predicted molar refractivity (Wildman–Crippen MR) is 104 cm³/mol. The third-order valence-electron chi connectivity index (χ3n) is 3.83. The standard InChI is InChI=1S/C18H19ClF3N3O2S/c1-4-25(3)11-24-16-8-12(2)17(10-15(16)19)27-13-6-5-7-14(9-13)28(23,26)18(20,21)22/h5-11,23H,4H2,1-3H3. The molecule has 1 unspecified atom stereocenters. The third kappa shape index (κ3) is 4.96. The van der Waals surface area contributed by atoms with E-state index >= 15 is 0 Å². The lowest BCUT2D eigenvalue weighted by Crippen LogP contribution is -2.21. The Morgan fingerprint density at radius 1 is 1.32 bits per heavy atom. The van der Waals surface area contributed by atoms with Crippen LogP contribution >= 0.6 is 11.6 Å². The summed E-state index contributed by atoms with van der Waals surface area (Å²) in [5, 5.41) is 0.303. The molecule has 28 heavy (non-hydrogen) atoms. The fraction of sp³-hybridized carbons (Fsp3) is 0.278. The van der Waals surface area contributed by atoms with E-state index in [1.54, 1.807) is 19.3 Å². The minimum absolute atomic E-state index is 0.0165. The SMILES string of the molecule is CCN(C)C=Nc1cc(C)c(Oc2cccc(S(=N)(=O)C(F)(F)F)c2)cc1Cl. The lowest BCUT2D eigenvalue weighted by atomic mass is 10.2. The number of halogens is 4. The molecule has 1 atom stereocenters. The molecule has 0 aliphatic carbocycles. The van der Waals surface area contributed by atoms with Crippen molar-refractivity contribution in [2.24, 2.45) is 4.99 Å². The van der Waals surface area contributed by atoms with Crippen molar-refractivity contribution in [3.05, 3.63) is 47.0 Å². The van der Waals surface area contributed by atoms with Gasteiger partial charge in [-0.15, -0.1) is 0 Å². The van der Waals surface area contributed by atoms with Crippen LogP contribution in [0.25, 0.3) is 0 Å². The average Bonchev–Trinajstić information content (AvgIpc) is 2.62. The Morgan fingerprint density at radius 2 is 2.00 bits per heavy atom. The Labute approximate surface area is 166 Å². The average molecular weight is 434 g/mol. The molecule has 0 heterocycles. The van der Waals surface area contributed by atoms with Gasteiger partial charge in [-0.25, -0.2) is 14.0 Å². The van der Waals surface area contributed by atoms with E-state index in [2.05, 4.69) is 4.99 Å². The van der Waals surface area contributed by atoms with Crippen molar-refractivity contribution >= 4 is 33.4 Å². The van der Waals surface area contributed by atoms with Crippen LogP contribution in [0, 0.1) is 11.7 Å². The Balaban J connectivity index is 2.33. The van der Waals surface area contributed by atoms with Gasteiger partial charge in [-0.2, -0.15) is 13.2 Å². The number of alkyl halides is 3. The van der Waals surface area contributed by atoms with Crippen LogP contribution in [0.15, 0.2) is 46.3 Å². The molecule has 1 N–H and O–H groups in total. The van der Waals surface area contributed by atoms with E-state index in [9.17, 15) is 17.4 Å². The van der Waals surface area contributed by atoms with Crippen molar-refractivity contribution < 1.29 is 22.1 Å². The maximum atomic E-state index is 12.9. The number of hydrogen-bond donors (Lipinski definition) is 1. The second-order valence-electron chi connectivity index (χ2n) is 5.97. The van der Waals surface area contributed by atoms with Crippen LogP contribution in [0.2, 0.25) is 5.02 Å². The molecule has 0 aromatic heterocycles. The fourth-order valence-electron chi connectivity index (χ4n) is 2.08. The molecule has 0 amide bonds. The van der Waals surface area contributed by atoms with Gasteiger partial charge in [-0.3, -0.25) is 0 Å². The van der Waals surface area contributed by atoms with Gasteiger partial charge in [0.05, 0.1) is 21.9 Å². The molecular weight excluding hydrogens is 415 g/mol. The molecule has 0 aliphatic heterocycles. The first-order valence-corrected chi connectivity index (χ1v) is 10.1. The molecule has 0 aliphatic rings. The summed E-state index contributed by atoms with van der Waals surface area (Å²) >= 11 is 6.22. The molecule has 5 nitrogen and oxygen atoms in total. The minimum atomic E-state index is -5.17. The summed E-state index contributed by atoms with van der Waals surface area (Å²) in [4.78, 5) is 5.47. The number of benzene rings is 2. The number of hydrogen-bond acceptors (Lipinski definition) is 4. The first-order valence-electron chi connectivity index (χ1n) is 8.13. The number of rotatable bonds is 6. The lowest BCUT2D eigenvalue weighted by Gasteiger charge is -2.14. The van der Waals surface area contributed by atoms with E-state index in [0.717, 1.165) is 18.7 Å². The van der Waals surface area contributed by atoms with Crippen LogP contribution < -0.4 is 4.74 Å². The van der Waals surface area contributed by atoms with Crippen LogP contribution in [-0.2, 0) is 9.73 Å². The number of nitrogens with one attached hydrogen (secondary N) is 1. The molecule has 0 fully saturated rings. The maximum Gasteiger partial charge on any atom is 0.483 e. The Kier molecular flexibility index (Phi) is 6.61. The summed E-state index contributed by atoms with van der Waals surface area (Å²) in [5.41, 5.74) is -3.99. The van der Waals surface area contributed by atoms with Gasteiger partial charge in [0.15, 0.2) is 9.73 Å². The monoisotopic (exact) mass is 433 g/mol. The topological polar surface area (TPSA) is 65.8 Å². The first-order chi connectivity index (χ1) is 13.0. The molecule has 0 spiro atoms. The van der Waals surface area contributed by atoms with Crippen molar-refractivity contribution in [1.82, 2.24) is 4.90 Å². The van der Waals surface area contributed by atoms with Gasteiger partial charge < -0.3 is 9.64 Å². The molecule has 0 saturated carbocycles. The van der Waals surface area contributed by atoms with Crippen LogP contribution in [0.3, 0.4) is 0 Å². The third-order valence-corrected chi connectivity index (χ3v) is 5.70. The largest absolute Gasteiger partial charge is 0.483 e. The fourth-order valence-corrected chi connectivity index (χ4v) is 3.10. The molecule has 0 saturated heterocycles. The molecule has 2 rings (SSSR count). The zero-order valence-electron chi connectivity index (χ0n) is 15.4. The van der Waals surface area contributed by atoms with Gasteiger partial charge in [-0.05, 0) is 43.7 Å². The van der Waals surface area contributed by atoms with Crippen LogP contribution in [0.5, 0.6) is 11.5 Å². The smallest absolute Gasteiger partial charge is 0.457 e. The second kappa shape index (κ2) is 8.40. The first kappa shape index (κ1) is 22.0. The van der Waals surface area contributed by atoms with E-state index in [0.29, 0.717) is 22.0 Å². The summed E-state index contributed by atoms with van der Waals surface area (Å²) < 4.78 is 63.2. The number of nitrogens with zero attached hydrogens (tertiary/aromatic N) is 2. The van der Waals surface area contributed by atoms with Gasteiger partial charge in [0.2, 0.25) is 0 Å². The summed E-state index contributed by atoms with van der Waals surface area (Å²) in [5.74, 6) is 0.330. The molecule has 2 aromatic carbocycles. The normalized spacial score (nSPS) is 14.1. The Hall–Kier alpha value is -2.26. The molecule has 10 heteroatoms. The molecular formula is C18H19ClF3N3O2S. The number of aryl methyl sites for hydroxylation is 1. The summed E-state index contributed by atoms with van der Waals surface area (Å²) in [6.45, 7) is 4.48. The molecule has 0 bridgehead atoms. The van der Waals surface area contributed by atoms with Gasteiger partial charge in [0, 0.05) is 19.7 Å². The van der Waals surface area contributed by atoms with E-state index in [1.165, 1.54) is 18.2 Å². The van der Waals surface area contributed by atoms with Crippen molar-refractivity contribution in [2.45, 2.75) is 24.3 Å². The van der Waals surface area contributed by atoms with E-state index in [4.69, 9.17) is 21.1 Å². The van der Waals surface area contributed by atoms with Gasteiger partial charge in [0.1, 0.15) is 11.5 Å². The Bertz CT molecular complexity index is 992.